The number of carbonyl (C=O) groups excluding carboxylic acids is 1. The Kier molecular flexibility index (Phi) is 9.58. The minimum atomic E-state index is -0.0147. The molecule has 2 aromatic rings. The molecule has 2 aliphatic rings. The molecule has 8 heteroatoms. The molecule has 4 rings (SSSR count). The summed E-state index contributed by atoms with van der Waals surface area (Å²) in [6.45, 7) is 8.79. The molecule has 2 N–H and O–H groups in total. The largest absolute Gasteiger partial charge is 0.370 e. The minimum absolute atomic E-state index is 0. The zero-order chi connectivity index (χ0) is 23.2. The summed E-state index contributed by atoms with van der Waals surface area (Å²) in [5.41, 5.74) is 5.68. The number of nitrogens with one attached hydrogen (secondary N) is 2. The van der Waals surface area contributed by atoms with Crippen molar-refractivity contribution < 1.29 is 9.53 Å². The molecular formula is C26H36IN5O2. The third-order valence-corrected chi connectivity index (χ3v) is 6.37. The number of hydrogen-bond acceptors (Lipinski definition) is 3. The second-order valence-electron chi connectivity index (χ2n) is 8.89. The van der Waals surface area contributed by atoms with Crippen molar-refractivity contribution in [2.75, 3.05) is 45.2 Å². The molecule has 0 bridgehead atoms. The van der Waals surface area contributed by atoms with Gasteiger partial charge in [-0.05, 0) is 55.5 Å². The van der Waals surface area contributed by atoms with Gasteiger partial charge in [-0.3, -0.25) is 4.99 Å². The summed E-state index contributed by atoms with van der Waals surface area (Å²) < 4.78 is 6.10. The summed E-state index contributed by atoms with van der Waals surface area (Å²) >= 11 is 0. The number of guanidine groups is 1. The lowest BCUT2D eigenvalue weighted by Gasteiger charge is -2.36. The van der Waals surface area contributed by atoms with Crippen molar-refractivity contribution in [1.82, 2.24) is 15.1 Å². The van der Waals surface area contributed by atoms with E-state index in [2.05, 4.69) is 58.6 Å². The average molecular weight is 578 g/mol. The molecule has 0 radical (unpaired) electrons. The molecule has 184 valence electrons. The fourth-order valence-corrected chi connectivity index (χ4v) is 4.61. The summed E-state index contributed by atoms with van der Waals surface area (Å²) in [5, 5.41) is 6.51. The van der Waals surface area contributed by atoms with E-state index in [0.29, 0.717) is 13.2 Å². The van der Waals surface area contributed by atoms with Gasteiger partial charge in [0.05, 0.1) is 13.2 Å². The third-order valence-electron chi connectivity index (χ3n) is 6.37. The van der Waals surface area contributed by atoms with Crippen molar-refractivity contribution in [3.63, 3.8) is 0 Å². The van der Waals surface area contributed by atoms with E-state index < -0.39 is 0 Å². The summed E-state index contributed by atoms with van der Waals surface area (Å²) in [6.07, 6.45) is 2.20. The summed E-state index contributed by atoms with van der Waals surface area (Å²) in [7, 11) is 1.82. The highest BCUT2D eigenvalue weighted by Gasteiger charge is 2.25. The number of nitrogens with zero attached hydrogens (tertiary/aromatic N) is 3. The molecule has 2 amide bonds. The van der Waals surface area contributed by atoms with Crippen molar-refractivity contribution in [2.45, 2.75) is 39.3 Å². The highest BCUT2D eigenvalue weighted by molar-refractivity contribution is 14.0. The van der Waals surface area contributed by atoms with E-state index in [0.717, 1.165) is 56.2 Å². The first-order valence-corrected chi connectivity index (χ1v) is 11.8. The van der Waals surface area contributed by atoms with Crippen LogP contribution in [-0.4, -0.2) is 61.6 Å². The number of benzene rings is 2. The first-order valence-electron chi connectivity index (χ1n) is 11.8. The highest BCUT2D eigenvalue weighted by Crippen LogP contribution is 2.26. The number of morpholine rings is 1. The van der Waals surface area contributed by atoms with Crippen molar-refractivity contribution in [2.24, 2.45) is 4.99 Å². The minimum Gasteiger partial charge on any atom is -0.370 e. The molecule has 0 spiro atoms. The van der Waals surface area contributed by atoms with Gasteiger partial charge in [-0.1, -0.05) is 35.9 Å². The maximum Gasteiger partial charge on any atom is 0.321 e. The van der Waals surface area contributed by atoms with Gasteiger partial charge in [-0.25, -0.2) is 4.79 Å². The molecule has 7 nitrogen and oxygen atoms in total. The van der Waals surface area contributed by atoms with Crippen LogP contribution in [-0.2, 0) is 11.3 Å². The monoisotopic (exact) mass is 577 g/mol. The fourth-order valence-electron chi connectivity index (χ4n) is 4.61. The molecule has 2 heterocycles. The molecule has 34 heavy (non-hydrogen) atoms. The number of likely N-dealkylation sites (tertiary alicyclic amines) is 1. The number of aliphatic imine (C=N–C) groups is 1. The van der Waals surface area contributed by atoms with E-state index >= 15 is 0 Å². The van der Waals surface area contributed by atoms with Gasteiger partial charge < -0.3 is 25.2 Å². The lowest BCUT2D eigenvalue weighted by atomic mass is 10.00. The highest BCUT2D eigenvalue weighted by atomic mass is 127. The Balaban J connectivity index is 0.00000324. The van der Waals surface area contributed by atoms with Gasteiger partial charge in [-0.2, -0.15) is 0 Å². The number of halogens is 1. The standard InChI is InChI=1S/C26H35N5O2.HI/c1-19-9-10-23(20(2)15-19)24-18-31(13-14-33-24)25(27-3)28-17-21-7-6-8-22(16-21)29-26(32)30-11-4-5-12-30;/h6-10,15-16,24H,4-5,11-14,17-18H2,1-3H3,(H,27,28)(H,29,32);1H. The zero-order valence-corrected chi connectivity index (χ0v) is 22.7. The van der Waals surface area contributed by atoms with Crippen LogP contribution in [0.2, 0.25) is 0 Å². The van der Waals surface area contributed by atoms with Gasteiger partial charge in [0.2, 0.25) is 0 Å². The fraction of sp³-hybridized carbons (Fsp3) is 0.462. The second kappa shape index (κ2) is 12.4. The van der Waals surface area contributed by atoms with Crippen LogP contribution in [0.25, 0.3) is 0 Å². The molecule has 1 unspecified atom stereocenters. The molecule has 0 saturated carbocycles. The number of carbonyl (C=O) groups is 1. The number of hydrogen-bond donors (Lipinski definition) is 2. The molecule has 1 atom stereocenters. The van der Waals surface area contributed by atoms with Gasteiger partial charge in [0.15, 0.2) is 5.96 Å². The van der Waals surface area contributed by atoms with E-state index in [4.69, 9.17) is 4.74 Å². The van der Waals surface area contributed by atoms with Crippen molar-refractivity contribution in [3.8, 4) is 0 Å². The Labute approximate surface area is 220 Å². The van der Waals surface area contributed by atoms with Crippen LogP contribution < -0.4 is 10.6 Å². The van der Waals surface area contributed by atoms with E-state index in [-0.39, 0.29) is 36.1 Å². The van der Waals surface area contributed by atoms with Gasteiger partial charge in [-0.15, -0.1) is 24.0 Å². The number of aryl methyl sites for hydroxylation is 2. The Hall–Kier alpha value is -2.33. The predicted molar refractivity (Wildman–Crippen MR) is 148 cm³/mol. The predicted octanol–water partition coefficient (Wildman–Crippen LogP) is 4.70. The lowest BCUT2D eigenvalue weighted by molar-refractivity contribution is -0.00834. The van der Waals surface area contributed by atoms with Crippen LogP contribution >= 0.6 is 24.0 Å². The molecule has 2 fully saturated rings. The van der Waals surface area contributed by atoms with Crippen molar-refractivity contribution in [3.05, 3.63) is 64.7 Å². The quantitative estimate of drug-likeness (QED) is 0.314. The SMILES string of the molecule is CN=C(NCc1cccc(NC(=O)N2CCCC2)c1)N1CCOC(c2ccc(C)cc2C)C1.I. The maximum absolute atomic E-state index is 12.4. The first-order chi connectivity index (χ1) is 16.0. The van der Waals surface area contributed by atoms with Gasteiger partial charge >= 0.3 is 6.03 Å². The van der Waals surface area contributed by atoms with E-state index in [1.807, 2.05) is 30.1 Å². The maximum atomic E-state index is 12.4. The summed E-state index contributed by atoms with van der Waals surface area (Å²) in [5.74, 6) is 0.861. The molecule has 0 aromatic heterocycles. The number of rotatable bonds is 4. The Bertz CT molecular complexity index is 1010. The van der Waals surface area contributed by atoms with Crippen LogP contribution in [0.4, 0.5) is 10.5 Å². The molecule has 2 aliphatic heterocycles. The van der Waals surface area contributed by atoms with Crippen molar-refractivity contribution in [1.29, 1.82) is 0 Å². The Morgan fingerprint density at radius 3 is 2.62 bits per heavy atom. The second-order valence-corrected chi connectivity index (χ2v) is 8.89. The number of ether oxygens (including phenoxy) is 1. The molecule has 0 aliphatic carbocycles. The zero-order valence-electron chi connectivity index (χ0n) is 20.3. The molecule has 2 saturated heterocycles. The molecular weight excluding hydrogens is 541 g/mol. The third kappa shape index (κ3) is 6.63. The van der Waals surface area contributed by atoms with Gasteiger partial charge in [0.1, 0.15) is 6.10 Å². The van der Waals surface area contributed by atoms with Crippen LogP contribution in [0.15, 0.2) is 47.5 Å². The van der Waals surface area contributed by atoms with Gasteiger partial charge in [0.25, 0.3) is 0 Å². The smallest absolute Gasteiger partial charge is 0.321 e. The topological polar surface area (TPSA) is 69.2 Å². The first kappa shape index (κ1) is 26.3. The van der Waals surface area contributed by atoms with Crippen LogP contribution in [0, 0.1) is 13.8 Å². The summed E-state index contributed by atoms with van der Waals surface area (Å²) in [6, 6.07) is 14.5. The average Bonchev–Trinajstić information content (AvgIpc) is 3.35. The number of amides is 2. The van der Waals surface area contributed by atoms with E-state index in [1.165, 1.54) is 16.7 Å². The number of urea groups is 1. The van der Waals surface area contributed by atoms with Crippen molar-refractivity contribution >= 4 is 41.7 Å². The Morgan fingerprint density at radius 1 is 1.09 bits per heavy atom. The number of anilines is 1. The molecule has 2 aromatic carbocycles. The van der Waals surface area contributed by atoms with E-state index in [9.17, 15) is 4.79 Å². The van der Waals surface area contributed by atoms with Crippen LogP contribution in [0.3, 0.4) is 0 Å². The Morgan fingerprint density at radius 2 is 1.88 bits per heavy atom. The van der Waals surface area contributed by atoms with Crippen LogP contribution in [0.5, 0.6) is 0 Å². The van der Waals surface area contributed by atoms with Crippen LogP contribution in [0.1, 0.15) is 41.2 Å². The summed E-state index contributed by atoms with van der Waals surface area (Å²) in [4.78, 5) is 21.0. The normalized spacial score (nSPS) is 18.4. The van der Waals surface area contributed by atoms with E-state index in [1.54, 1.807) is 0 Å². The lowest BCUT2D eigenvalue weighted by Crippen LogP contribution is -2.48. The van der Waals surface area contributed by atoms with Gasteiger partial charge in [0, 0.05) is 38.9 Å².